The molecular weight excluding hydrogens is 430 g/mol. The van der Waals surface area contributed by atoms with Crippen molar-refractivity contribution in [2.45, 2.75) is 26.9 Å². The van der Waals surface area contributed by atoms with Crippen LogP contribution in [0.2, 0.25) is 0 Å². The molecule has 8 nitrogen and oxygen atoms in total. The Morgan fingerprint density at radius 2 is 2.09 bits per heavy atom. The summed E-state index contributed by atoms with van der Waals surface area (Å²) in [5.41, 5.74) is 1.58. The summed E-state index contributed by atoms with van der Waals surface area (Å²) in [6.45, 7) is 4.25. The van der Waals surface area contributed by atoms with Gasteiger partial charge in [0.15, 0.2) is 0 Å². The SMILES string of the molecule is CCOC(=O)c1sc2ncn(Cc3cccc(C(=O)NCc4ccco4)c3)c(=O)c2c1C. The second-order valence-corrected chi connectivity index (χ2v) is 8.10. The molecule has 1 aromatic carbocycles. The number of hydrogen-bond donors (Lipinski definition) is 1. The van der Waals surface area contributed by atoms with Crippen LogP contribution in [0, 0.1) is 6.92 Å². The zero-order valence-corrected chi connectivity index (χ0v) is 18.4. The first-order valence-electron chi connectivity index (χ1n) is 10.0. The predicted molar refractivity (Wildman–Crippen MR) is 120 cm³/mol. The number of carbonyl (C=O) groups is 2. The molecule has 9 heteroatoms. The molecule has 0 spiro atoms. The summed E-state index contributed by atoms with van der Waals surface area (Å²) < 4.78 is 11.8. The summed E-state index contributed by atoms with van der Waals surface area (Å²) in [6.07, 6.45) is 3.01. The number of aromatic nitrogens is 2. The van der Waals surface area contributed by atoms with Crippen LogP contribution in [0.3, 0.4) is 0 Å². The molecule has 0 atom stereocenters. The third kappa shape index (κ3) is 4.33. The Bertz CT molecular complexity index is 1340. The maximum atomic E-state index is 13.1. The lowest BCUT2D eigenvalue weighted by Gasteiger charge is -2.08. The highest BCUT2D eigenvalue weighted by Gasteiger charge is 2.20. The van der Waals surface area contributed by atoms with Crippen LogP contribution in [0.5, 0.6) is 0 Å². The van der Waals surface area contributed by atoms with E-state index in [2.05, 4.69) is 10.3 Å². The van der Waals surface area contributed by atoms with Crippen molar-refractivity contribution in [2.24, 2.45) is 0 Å². The van der Waals surface area contributed by atoms with Gasteiger partial charge in [0.05, 0.1) is 37.7 Å². The number of ether oxygens (including phenoxy) is 1. The number of carbonyl (C=O) groups excluding carboxylic acids is 2. The molecule has 164 valence electrons. The lowest BCUT2D eigenvalue weighted by molar-refractivity contribution is 0.0531. The molecule has 1 N–H and O–H groups in total. The Morgan fingerprint density at radius 3 is 2.84 bits per heavy atom. The molecule has 0 saturated carbocycles. The third-order valence-electron chi connectivity index (χ3n) is 4.92. The summed E-state index contributed by atoms with van der Waals surface area (Å²) in [7, 11) is 0. The van der Waals surface area contributed by atoms with Crippen LogP contribution < -0.4 is 10.9 Å². The Kier molecular flexibility index (Phi) is 6.18. The minimum absolute atomic E-state index is 0.239. The monoisotopic (exact) mass is 451 g/mol. The Morgan fingerprint density at radius 1 is 1.25 bits per heavy atom. The minimum Gasteiger partial charge on any atom is -0.467 e. The van der Waals surface area contributed by atoms with Crippen LogP contribution in [0.15, 0.2) is 58.2 Å². The molecular formula is C23H21N3O5S. The van der Waals surface area contributed by atoms with Crippen LogP contribution in [0.1, 0.15) is 43.8 Å². The molecule has 3 aromatic heterocycles. The van der Waals surface area contributed by atoms with E-state index in [-0.39, 0.29) is 31.2 Å². The van der Waals surface area contributed by atoms with Crippen LogP contribution in [-0.2, 0) is 17.8 Å². The van der Waals surface area contributed by atoms with Crippen molar-refractivity contribution < 1.29 is 18.7 Å². The van der Waals surface area contributed by atoms with Gasteiger partial charge in [-0.25, -0.2) is 9.78 Å². The van der Waals surface area contributed by atoms with E-state index in [1.54, 1.807) is 50.4 Å². The van der Waals surface area contributed by atoms with E-state index in [0.29, 0.717) is 32.0 Å². The van der Waals surface area contributed by atoms with Gasteiger partial charge in [-0.1, -0.05) is 12.1 Å². The van der Waals surface area contributed by atoms with Gasteiger partial charge in [-0.3, -0.25) is 14.2 Å². The Labute approximate surface area is 187 Å². The summed E-state index contributed by atoms with van der Waals surface area (Å²) in [4.78, 5) is 43.0. The standard InChI is InChI=1S/C23H21N3O5S/c1-3-30-23(29)19-14(2)18-21(32-19)25-13-26(22(18)28)12-15-6-4-7-16(10-15)20(27)24-11-17-8-5-9-31-17/h4-10,13H,3,11-12H2,1-2H3,(H,24,27). The summed E-state index contributed by atoms with van der Waals surface area (Å²) in [6, 6.07) is 10.6. The maximum Gasteiger partial charge on any atom is 0.348 e. The fraction of sp³-hybridized carbons (Fsp3) is 0.217. The summed E-state index contributed by atoms with van der Waals surface area (Å²) in [5.74, 6) is -0.0297. The van der Waals surface area contributed by atoms with Gasteiger partial charge in [-0.05, 0) is 49.2 Å². The van der Waals surface area contributed by atoms with Gasteiger partial charge in [-0.2, -0.15) is 0 Å². The number of furan rings is 1. The average molecular weight is 452 g/mol. The van der Waals surface area contributed by atoms with Gasteiger partial charge < -0.3 is 14.5 Å². The van der Waals surface area contributed by atoms with Crippen molar-refractivity contribution in [3.05, 3.63) is 86.7 Å². The predicted octanol–water partition coefficient (Wildman–Crippen LogP) is 3.51. The van der Waals surface area contributed by atoms with Gasteiger partial charge in [0.25, 0.3) is 11.5 Å². The molecule has 0 bridgehead atoms. The smallest absolute Gasteiger partial charge is 0.348 e. The third-order valence-corrected chi connectivity index (χ3v) is 6.10. The van der Waals surface area contributed by atoms with E-state index in [0.717, 1.165) is 16.9 Å². The van der Waals surface area contributed by atoms with Gasteiger partial charge in [0.1, 0.15) is 15.5 Å². The van der Waals surface area contributed by atoms with E-state index < -0.39 is 5.97 Å². The van der Waals surface area contributed by atoms with Gasteiger partial charge in [0.2, 0.25) is 0 Å². The number of benzene rings is 1. The molecule has 0 aliphatic rings. The molecule has 0 aliphatic heterocycles. The van der Waals surface area contributed by atoms with Crippen molar-refractivity contribution >= 4 is 33.4 Å². The van der Waals surface area contributed by atoms with Crippen molar-refractivity contribution in [1.29, 1.82) is 0 Å². The van der Waals surface area contributed by atoms with E-state index in [4.69, 9.17) is 9.15 Å². The lowest BCUT2D eigenvalue weighted by atomic mass is 10.1. The zero-order chi connectivity index (χ0) is 22.7. The Balaban J connectivity index is 1.57. The van der Waals surface area contributed by atoms with Crippen LogP contribution in [-0.4, -0.2) is 28.0 Å². The normalized spacial score (nSPS) is 10.9. The van der Waals surface area contributed by atoms with Gasteiger partial charge in [0, 0.05) is 5.56 Å². The van der Waals surface area contributed by atoms with Crippen LogP contribution >= 0.6 is 11.3 Å². The molecule has 0 unspecified atom stereocenters. The quantitative estimate of drug-likeness (QED) is 0.431. The number of fused-ring (bicyclic) bond motifs is 1. The second kappa shape index (κ2) is 9.19. The number of aryl methyl sites for hydroxylation is 1. The minimum atomic E-state index is -0.452. The number of rotatable bonds is 7. The highest BCUT2D eigenvalue weighted by Crippen LogP contribution is 2.27. The highest BCUT2D eigenvalue weighted by molar-refractivity contribution is 7.20. The van der Waals surface area contributed by atoms with Crippen molar-refractivity contribution in [3.63, 3.8) is 0 Å². The van der Waals surface area contributed by atoms with Crippen molar-refractivity contribution in [2.75, 3.05) is 6.61 Å². The second-order valence-electron chi connectivity index (χ2n) is 7.10. The number of nitrogens with zero attached hydrogens (tertiary/aromatic N) is 2. The molecule has 0 radical (unpaired) electrons. The average Bonchev–Trinajstić information content (AvgIpc) is 3.42. The topological polar surface area (TPSA) is 103 Å². The molecule has 32 heavy (non-hydrogen) atoms. The number of nitrogens with one attached hydrogen (secondary N) is 1. The lowest BCUT2D eigenvalue weighted by Crippen LogP contribution is -2.23. The largest absolute Gasteiger partial charge is 0.467 e. The number of hydrogen-bond acceptors (Lipinski definition) is 7. The molecule has 3 heterocycles. The molecule has 0 saturated heterocycles. The van der Waals surface area contributed by atoms with E-state index in [1.807, 2.05) is 6.07 Å². The number of amides is 1. The molecule has 1 amide bonds. The Hall–Kier alpha value is -3.72. The summed E-state index contributed by atoms with van der Waals surface area (Å²) >= 11 is 1.15. The molecule has 0 fully saturated rings. The van der Waals surface area contributed by atoms with Gasteiger partial charge >= 0.3 is 5.97 Å². The molecule has 0 aliphatic carbocycles. The summed E-state index contributed by atoms with van der Waals surface area (Å²) in [5, 5.41) is 3.21. The first-order valence-corrected chi connectivity index (χ1v) is 10.8. The van der Waals surface area contributed by atoms with E-state index in [1.165, 1.54) is 10.9 Å². The molecule has 4 aromatic rings. The fourth-order valence-electron chi connectivity index (χ4n) is 3.35. The van der Waals surface area contributed by atoms with Crippen LogP contribution in [0.4, 0.5) is 0 Å². The number of esters is 1. The van der Waals surface area contributed by atoms with Crippen molar-refractivity contribution in [3.8, 4) is 0 Å². The number of thiophene rings is 1. The zero-order valence-electron chi connectivity index (χ0n) is 17.6. The fourth-order valence-corrected chi connectivity index (χ4v) is 4.39. The molecule has 4 rings (SSSR count). The van der Waals surface area contributed by atoms with E-state index >= 15 is 0 Å². The first-order chi connectivity index (χ1) is 15.5. The highest BCUT2D eigenvalue weighted by atomic mass is 32.1. The van der Waals surface area contributed by atoms with Crippen molar-refractivity contribution in [1.82, 2.24) is 14.9 Å². The maximum absolute atomic E-state index is 13.1. The van der Waals surface area contributed by atoms with E-state index in [9.17, 15) is 14.4 Å². The van der Waals surface area contributed by atoms with Crippen LogP contribution in [0.25, 0.3) is 10.2 Å². The first kappa shape index (κ1) is 21.5. The van der Waals surface area contributed by atoms with Gasteiger partial charge in [-0.15, -0.1) is 11.3 Å².